The Kier molecular flexibility index (Phi) is 2.67. The van der Waals surface area contributed by atoms with Gasteiger partial charge in [-0.3, -0.25) is 0 Å². The van der Waals surface area contributed by atoms with Crippen LogP contribution >= 0.6 is 11.3 Å². The Labute approximate surface area is 83.1 Å². The Hall–Kier alpha value is -0.380. The van der Waals surface area contributed by atoms with Crippen molar-refractivity contribution < 1.29 is 0 Å². The molecule has 0 amide bonds. The molecule has 0 radical (unpaired) electrons. The van der Waals surface area contributed by atoms with Gasteiger partial charge < -0.3 is 11.1 Å². The molecule has 2 rings (SSSR count). The van der Waals surface area contributed by atoms with E-state index in [-0.39, 0.29) is 5.54 Å². The zero-order chi connectivity index (χ0) is 9.15. The second-order valence-corrected chi connectivity index (χ2v) is 4.80. The molecular weight excluding hydrogens is 180 g/mol. The highest BCUT2D eigenvalue weighted by Crippen LogP contribution is 2.31. The van der Waals surface area contributed by atoms with Crippen molar-refractivity contribution in [1.82, 2.24) is 5.32 Å². The number of nitrogens with one attached hydrogen (secondary N) is 1. The van der Waals surface area contributed by atoms with E-state index in [1.165, 1.54) is 24.1 Å². The first-order valence-electron chi connectivity index (χ1n) is 4.82. The quantitative estimate of drug-likeness (QED) is 0.769. The molecule has 1 aliphatic carbocycles. The number of rotatable bonds is 4. The predicted octanol–water partition coefficient (Wildman–Crippen LogP) is 1.72. The Morgan fingerprint density at radius 3 is 2.85 bits per heavy atom. The smallest absolute Gasteiger partial charge is 0.0307 e. The lowest BCUT2D eigenvalue weighted by molar-refractivity contribution is 0.192. The number of thiophene rings is 1. The summed E-state index contributed by atoms with van der Waals surface area (Å²) < 4.78 is 0. The van der Waals surface area contributed by atoms with Crippen molar-refractivity contribution in [2.24, 2.45) is 5.73 Å². The van der Waals surface area contributed by atoms with E-state index >= 15 is 0 Å². The molecule has 0 spiro atoms. The van der Waals surface area contributed by atoms with E-state index in [1.807, 2.05) is 0 Å². The van der Waals surface area contributed by atoms with E-state index in [0.29, 0.717) is 0 Å². The van der Waals surface area contributed by atoms with Gasteiger partial charge in [-0.05, 0) is 30.7 Å². The van der Waals surface area contributed by atoms with E-state index in [9.17, 15) is 0 Å². The highest BCUT2D eigenvalue weighted by atomic mass is 32.1. The van der Waals surface area contributed by atoms with Crippen LogP contribution in [0.1, 0.15) is 24.1 Å². The summed E-state index contributed by atoms with van der Waals surface area (Å²) >= 11 is 1.81. The first kappa shape index (κ1) is 9.19. The molecule has 0 aromatic carbocycles. The summed E-state index contributed by atoms with van der Waals surface area (Å²) in [5, 5.41) is 5.69. The van der Waals surface area contributed by atoms with Gasteiger partial charge in [0.15, 0.2) is 0 Å². The van der Waals surface area contributed by atoms with Crippen molar-refractivity contribution in [3.05, 3.63) is 22.4 Å². The third-order valence-corrected chi connectivity index (χ3v) is 3.80. The molecule has 1 heterocycles. The molecule has 3 N–H and O–H groups in total. The van der Waals surface area contributed by atoms with E-state index < -0.39 is 0 Å². The summed E-state index contributed by atoms with van der Waals surface area (Å²) in [5.74, 6) is 0. The fourth-order valence-electron chi connectivity index (χ4n) is 1.74. The van der Waals surface area contributed by atoms with Gasteiger partial charge in [0.1, 0.15) is 0 Å². The molecule has 1 fully saturated rings. The molecule has 1 aromatic rings. The Morgan fingerprint density at radius 2 is 2.38 bits per heavy atom. The molecule has 0 aliphatic heterocycles. The van der Waals surface area contributed by atoms with Crippen LogP contribution < -0.4 is 11.1 Å². The second-order valence-electron chi connectivity index (χ2n) is 3.77. The monoisotopic (exact) mass is 196 g/mol. The van der Waals surface area contributed by atoms with Crippen LogP contribution in [-0.2, 0) is 6.54 Å². The Balaban J connectivity index is 1.84. The van der Waals surface area contributed by atoms with Gasteiger partial charge in [-0.1, -0.05) is 6.07 Å². The van der Waals surface area contributed by atoms with Gasteiger partial charge >= 0.3 is 0 Å². The lowest BCUT2D eigenvalue weighted by Crippen LogP contribution is -2.55. The maximum absolute atomic E-state index is 5.75. The number of hydrogen-bond donors (Lipinski definition) is 2. The first-order chi connectivity index (χ1) is 6.35. The largest absolute Gasteiger partial charge is 0.329 e. The molecule has 2 nitrogen and oxygen atoms in total. The SMILES string of the molecule is NCC1(NCc2cccs2)CCC1. The van der Waals surface area contributed by atoms with Crippen molar-refractivity contribution in [2.75, 3.05) is 6.54 Å². The second kappa shape index (κ2) is 3.78. The maximum Gasteiger partial charge on any atom is 0.0307 e. The summed E-state index contributed by atoms with van der Waals surface area (Å²) in [6.07, 6.45) is 3.82. The average Bonchev–Trinajstić information content (AvgIpc) is 2.56. The molecule has 0 unspecified atom stereocenters. The molecule has 0 bridgehead atoms. The van der Waals surface area contributed by atoms with Crippen LogP contribution in [0.3, 0.4) is 0 Å². The van der Waals surface area contributed by atoms with Gasteiger partial charge in [0, 0.05) is 23.5 Å². The third-order valence-electron chi connectivity index (χ3n) is 2.92. The highest BCUT2D eigenvalue weighted by Gasteiger charge is 2.34. The van der Waals surface area contributed by atoms with Gasteiger partial charge in [-0.25, -0.2) is 0 Å². The Morgan fingerprint density at radius 1 is 1.54 bits per heavy atom. The van der Waals surface area contributed by atoms with Crippen molar-refractivity contribution in [3.8, 4) is 0 Å². The minimum absolute atomic E-state index is 0.268. The molecular formula is C10H16N2S. The molecule has 1 aromatic heterocycles. The molecule has 72 valence electrons. The summed E-state index contributed by atoms with van der Waals surface area (Å²) in [7, 11) is 0. The highest BCUT2D eigenvalue weighted by molar-refractivity contribution is 7.09. The summed E-state index contributed by atoms with van der Waals surface area (Å²) in [6.45, 7) is 1.76. The van der Waals surface area contributed by atoms with Gasteiger partial charge in [-0.15, -0.1) is 11.3 Å². The standard InChI is InChI=1S/C10H16N2S/c11-8-10(4-2-5-10)12-7-9-3-1-6-13-9/h1,3,6,12H,2,4-5,7-8,11H2. The minimum Gasteiger partial charge on any atom is -0.329 e. The van der Waals surface area contributed by atoms with Gasteiger partial charge in [0.05, 0.1) is 0 Å². The van der Waals surface area contributed by atoms with Gasteiger partial charge in [0.2, 0.25) is 0 Å². The third kappa shape index (κ3) is 1.93. The topological polar surface area (TPSA) is 38.0 Å². The van der Waals surface area contributed by atoms with Crippen molar-refractivity contribution in [1.29, 1.82) is 0 Å². The zero-order valence-corrected chi connectivity index (χ0v) is 8.57. The summed E-state index contributed by atoms with van der Waals surface area (Å²) in [6, 6.07) is 4.26. The molecule has 1 aliphatic rings. The van der Waals surface area contributed by atoms with Gasteiger partial charge in [0.25, 0.3) is 0 Å². The fourth-order valence-corrected chi connectivity index (χ4v) is 2.39. The van der Waals surface area contributed by atoms with Crippen molar-refractivity contribution >= 4 is 11.3 Å². The number of nitrogens with two attached hydrogens (primary N) is 1. The summed E-state index contributed by atoms with van der Waals surface area (Å²) in [4.78, 5) is 1.40. The fraction of sp³-hybridized carbons (Fsp3) is 0.600. The maximum atomic E-state index is 5.75. The molecule has 1 saturated carbocycles. The predicted molar refractivity (Wildman–Crippen MR) is 56.8 cm³/mol. The molecule has 13 heavy (non-hydrogen) atoms. The van der Waals surface area contributed by atoms with E-state index in [1.54, 1.807) is 11.3 Å². The van der Waals surface area contributed by atoms with Crippen LogP contribution in [-0.4, -0.2) is 12.1 Å². The van der Waals surface area contributed by atoms with Crippen LogP contribution in [0.2, 0.25) is 0 Å². The average molecular weight is 196 g/mol. The van der Waals surface area contributed by atoms with Crippen LogP contribution in [0.5, 0.6) is 0 Å². The normalized spacial score (nSPS) is 19.8. The Bertz CT molecular complexity index is 246. The molecule has 3 heteroatoms. The van der Waals surface area contributed by atoms with Crippen LogP contribution in [0.25, 0.3) is 0 Å². The molecule has 0 atom stereocenters. The van der Waals surface area contributed by atoms with Crippen molar-refractivity contribution in [2.45, 2.75) is 31.3 Å². The zero-order valence-electron chi connectivity index (χ0n) is 7.75. The summed E-state index contributed by atoms with van der Waals surface area (Å²) in [5.41, 5.74) is 6.02. The van der Waals surface area contributed by atoms with E-state index in [0.717, 1.165) is 13.1 Å². The first-order valence-corrected chi connectivity index (χ1v) is 5.70. The van der Waals surface area contributed by atoms with E-state index in [4.69, 9.17) is 5.73 Å². The lowest BCUT2D eigenvalue weighted by Gasteiger charge is -2.41. The van der Waals surface area contributed by atoms with Crippen LogP contribution in [0.4, 0.5) is 0 Å². The van der Waals surface area contributed by atoms with Crippen molar-refractivity contribution in [3.63, 3.8) is 0 Å². The lowest BCUT2D eigenvalue weighted by atomic mass is 9.77. The molecule has 0 saturated heterocycles. The number of hydrogen-bond acceptors (Lipinski definition) is 3. The van der Waals surface area contributed by atoms with Gasteiger partial charge in [-0.2, -0.15) is 0 Å². The minimum atomic E-state index is 0.268. The van der Waals surface area contributed by atoms with E-state index in [2.05, 4.69) is 22.8 Å². The van der Waals surface area contributed by atoms with Crippen LogP contribution in [0.15, 0.2) is 17.5 Å². The van der Waals surface area contributed by atoms with Crippen LogP contribution in [0, 0.1) is 0 Å².